The van der Waals surface area contributed by atoms with Gasteiger partial charge in [-0.05, 0) is 37.0 Å². The van der Waals surface area contributed by atoms with E-state index in [0.29, 0.717) is 32.4 Å². The molecule has 2 rings (SSSR count). The molecular weight excluding hydrogens is 230 g/mol. The van der Waals surface area contributed by atoms with Crippen molar-refractivity contribution in [3.05, 3.63) is 29.3 Å². The van der Waals surface area contributed by atoms with Crippen molar-refractivity contribution in [2.24, 2.45) is 0 Å². The maximum atomic E-state index is 12.0. The number of hydrogen-bond donors (Lipinski definition) is 2. The number of benzene rings is 1. The highest BCUT2D eigenvalue weighted by Gasteiger charge is 2.21. The predicted octanol–water partition coefficient (Wildman–Crippen LogP) is 1.23. The van der Waals surface area contributed by atoms with Crippen molar-refractivity contribution < 1.29 is 15.0 Å². The van der Waals surface area contributed by atoms with E-state index < -0.39 is 0 Å². The Hall–Kier alpha value is -1.55. The lowest BCUT2D eigenvalue weighted by atomic mass is 10.1. The number of carbonyl (C=O) groups excluding carboxylic acids is 1. The Kier molecular flexibility index (Phi) is 3.87. The molecule has 0 radical (unpaired) electrons. The normalized spacial score (nSPS) is 16.9. The molecule has 1 heterocycles. The molecule has 1 amide bonds. The van der Waals surface area contributed by atoms with Crippen LogP contribution in [-0.4, -0.2) is 40.2 Å². The molecule has 18 heavy (non-hydrogen) atoms. The van der Waals surface area contributed by atoms with E-state index >= 15 is 0 Å². The third-order valence-corrected chi connectivity index (χ3v) is 3.45. The van der Waals surface area contributed by atoms with E-state index in [4.69, 9.17) is 0 Å². The van der Waals surface area contributed by atoms with E-state index in [1.807, 2.05) is 19.1 Å². The SMILES string of the molecule is Cc1ccc(CC(=O)N2CCC(O)CC2)cc1O. The molecule has 4 nitrogen and oxygen atoms in total. The predicted molar refractivity (Wildman–Crippen MR) is 68.4 cm³/mol. The zero-order valence-corrected chi connectivity index (χ0v) is 10.6. The van der Waals surface area contributed by atoms with E-state index in [1.54, 1.807) is 11.0 Å². The second-order valence-corrected chi connectivity index (χ2v) is 4.91. The Balaban J connectivity index is 1.96. The van der Waals surface area contributed by atoms with E-state index in [1.165, 1.54) is 0 Å². The number of piperidine rings is 1. The average molecular weight is 249 g/mol. The summed E-state index contributed by atoms with van der Waals surface area (Å²) in [5.74, 6) is 0.291. The van der Waals surface area contributed by atoms with Gasteiger partial charge in [-0.25, -0.2) is 0 Å². The summed E-state index contributed by atoms with van der Waals surface area (Å²) in [5, 5.41) is 19.0. The molecule has 0 aromatic heterocycles. The Morgan fingerprint density at radius 3 is 2.67 bits per heavy atom. The van der Waals surface area contributed by atoms with Crippen molar-refractivity contribution in [2.45, 2.75) is 32.3 Å². The largest absolute Gasteiger partial charge is 0.508 e. The van der Waals surface area contributed by atoms with Gasteiger partial charge in [0.15, 0.2) is 0 Å². The highest BCUT2D eigenvalue weighted by molar-refractivity contribution is 5.79. The van der Waals surface area contributed by atoms with Gasteiger partial charge in [0.05, 0.1) is 12.5 Å². The van der Waals surface area contributed by atoms with Gasteiger partial charge in [-0.3, -0.25) is 4.79 Å². The van der Waals surface area contributed by atoms with Gasteiger partial charge in [-0.15, -0.1) is 0 Å². The summed E-state index contributed by atoms with van der Waals surface area (Å²) in [4.78, 5) is 13.8. The van der Waals surface area contributed by atoms with E-state index in [2.05, 4.69) is 0 Å². The zero-order valence-electron chi connectivity index (χ0n) is 10.6. The van der Waals surface area contributed by atoms with Crippen molar-refractivity contribution in [3.8, 4) is 5.75 Å². The number of carbonyl (C=O) groups is 1. The third-order valence-electron chi connectivity index (χ3n) is 3.45. The van der Waals surface area contributed by atoms with Crippen molar-refractivity contribution in [1.82, 2.24) is 4.90 Å². The summed E-state index contributed by atoms with van der Waals surface area (Å²) in [6.07, 6.45) is 1.36. The molecule has 0 bridgehead atoms. The van der Waals surface area contributed by atoms with Crippen LogP contribution in [0.3, 0.4) is 0 Å². The molecule has 1 aromatic rings. The fourth-order valence-corrected chi connectivity index (χ4v) is 2.17. The van der Waals surface area contributed by atoms with Crippen molar-refractivity contribution in [3.63, 3.8) is 0 Å². The zero-order chi connectivity index (χ0) is 13.1. The van der Waals surface area contributed by atoms with Crippen LogP contribution in [0, 0.1) is 6.92 Å². The Bertz CT molecular complexity index is 437. The Labute approximate surface area is 107 Å². The molecule has 0 spiro atoms. The summed E-state index contributed by atoms with van der Waals surface area (Å²) >= 11 is 0. The lowest BCUT2D eigenvalue weighted by Gasteiger charge is -2.29. The van der Waals surface area contributed by atoms with Gasteiger partial charge in [0.25, 0.3) is 0 Å². The van der Waals surface area contributed by atoms with Gasteiger partial charge in [-0.1, -0.05) is 12.1 Å². The molecule has 0 saturated carbocycles. The number of likely N-dealkylation sites (tertiary alicyclic amines) is 1. The maximum absolute atomic E-state index is 12.0. The van der Waals surface area contributed by atoms with E-state index in [-0.39, 0.29) is 17.8 Å². The van der Waals surface area contributed by atoms with E-state index in [9.17, 15) is 15.0 Å². The molecule has 4 heteroatoms. The number of rotatable bonds is 2. The van der Waals surface area contributed by atoms with Crippen LogP contribution < -0.4 is 0 Å². The van der Waals surface area contributed by atoms with Gasteiger partial charge in [0.1, 0.15) is 5.75 Å². The average Bonchev–Trinajstić information content (AvgIpc) is 2.34. The molecule has 1 aliphatic rings. The summed E-state index contributed by atoms with van der Waals surface area (Å²) in [7, 11) is 0. The standard InChI is InChI=1S/C14H19NO3/c1-10-2-3-11(8-13(10)17)9-14(18)15-6-4-12(16)5-7-15/h2-3,8,12,16-17H,4-7,9H2,1H3. The first-order chi connectivity index (χ1) is 8.56. The van der Waals surface area contributed by atoms with Crippen LogP contribution in [0.4, 0.5) is 0 Å². The van der Waals surface area contributed by atoms with Crippen molar-refractivity contribution in [2.75, 3.05) is 13.1 Å². The van der Waals surface area contributed by atoms with Gasteiger partial charge < -0.3 is 15.1 Å². The highest BCUT2D eigenvalue weighted by atomic mass is 16.3. The number of amides is 1. The van der Waals surface area contributed by atoms with Crippen LogP contribution in [0.15, 0.2) is 18.2 Å². The van der Waals surface area contributed by atoms with Crippen LogP contribution in [-0.2, 0) is 11.2 Å². The number of phenols is 1. The quantitative estimate of drug-likeness (QED) is 0.828. The second-order valence-electron chi connectivity index (χ2n) is 4.91. The fraction of sp³-hybridized carbons (Fsp3) is 0.500. The van der Waals surface area contributed by atoms with Crippen LogP contribution in [0.5, 0.6) is 5.75 Å². The van der Waals surface area contributed by atoms with Gasteiger partial charge in [-0.2, -0.15) is 0 Å². The molecule has 2 N–H and O–H groups in total. The minimum Gasteiger partial charge on any atom is -0.508 e. The molecule has 1 fully saturated rings. The molecule has 0 atom stereocenters. The molecule has 0 unspecified atom stereocenters. The molecule has 98 valence electrons. The number of aryl methyl sites for hydroxylation is 1. The molecular formula is C14H19NO3. The highest BCUT2D eigenvalue weighted by Crippen LogP contribution is 2.19. The van der Waals surface area contributed by atoms with Crippen LogP contribution in [0.25, 0.3) is 0 Å². The topological polar surface area (TPSA) is 60.8 Å². The summed E-state index contributed by atoms with van der Waals surface area (Å²) in [5.41, 5.74) is 1.64. The molecule has 0 aliphatic carbocycles. The molecule has 1 saturated heterocycles. The minimum atomic E-state index is -0.266. The fourth-order valence-electron chi connectivity index (χ4n) is 2.17. The Morgan fingerprint density at radius 2 is 2.06 bits per heavy atom. The monoisotopic (exact) mass is 249 g/mol. The number of aliphatic hydroxyl groups excluding tert-OH is 1. The van der Waals surface area contributed by atoms with Gasteiger partial charge in [0.2, 0.25) is 5.91 Å². The first-order valence-corrected chi connectivity index (χ1v) is 6.30. The first kappa shape index (κ1) is 12.9. The molecule has 1 aromatic carbocycles. The summed E-state index contributed by atoms with van der Waals surface area (Å²) in [6, 6.07) is 5.33. The third kappa shape index (κ3) is 3.01. The number of aliphatic hydroxyl groups is 1. The van der Waals surface area contributed by atoms with Crippen LogP contribution in [0.1, 0.15) is 24.0 Å². The minimum absolute atomic E-state index is 0.0603. The number of aromatic hydroxyl groups is 1. The molecule has 1 aliphatic heterocycles. The maximum Gasteiger partial charge on any atom is 0.226 e. The first-order valence-electron chi connectivity index (χ1n) is 6.30. The van der Waals surface area contributed by atoms with Crippen molar-refractivity contribution >= 4 is 5.91 Å². The van der Waals surface area contributed by atoms with Gasteiger partial charge in [0, 0.05) is 13.1 Å². The van der Waals surface area contributed by atoms with Crippen LogP contribution >= 0.6 is 0 Å². The number of hydrogen-bond acceptors (Lipinski definition) is 3. The smallest absolute Gasteiger partial charge is 0.226 e. The van der Waals surface area contributed by atoms with E-state index in [0.717, 1.165) is 11.1 Å². The number of phenolic OH excluding ortho intramolecular Hbond substituents is 1. The number of nitrogens with zero attached hydrogens (tertiary/aromatic N) is 1. The lowest BCUT2D eigenvalue weighted by Crippen LogP contribution is -2.40. The van der Waals surface area contributed by atoms with Gasteiger partial charge >= 0.3 is 0 Å². The van der Waals surface area contributed by atoms with Crippen LogP contribution in [0.2, 0.25) is 0 Å². The second kappa shape index (κ2) is 5.40. The summed E-state index contributed by atoms with van der Waals surface area (Å²) in [6.45, 7) is 3.07. The summed E-state index contributed by atoms with van der Waals surface area (Å²) < 4.78 is 0. The lowest BCUT2D eigenvalue weighted by molar-refractivity contribution is -0.132. The Morgan fingerprint density at radius 1 is 1.39 bits per heavy atom. The van der Waals surface area contributed by atoms with Crippen molar-refractivity contribution in [1.29, 1.82) is 0 Å².